The predicted molar refractivity (Wildman–Crippen MR) is 70.1 cm³/mol. The highest BCUT2D eigenvalue weighted by Gasteiger charge is 2.28. The number of nitrogens with one attached hydrogen (secondary N) is 1. The normalized spacial score (nSPS) is 18.5. The average molecular weight is 320 g/mol. The lowest BCUT2D eigenvalue weighted by atomic mass is 10.4. The van der Waals surface area contributed by atoms with E-state index in [0.29, 0.717) is 0 Å². The number of thiophene rings is 1. The van der Waals surface area contributed by atoms with Gasteiger partial charge < -0.3 is 14.3 Å². The summed E-state index contributed by atoms with van der Waals surface area (Å²) < 4.78 is 35.6. The van der Waals surface area contributed by atoms with Crippen LogP contribution in [-0.2, 0) is 24.3 Å². The molecule has 1 N–H and O–H groups in total. The summed E-state index contributed by atoms with van der Waals surface area (Å²) in [4.78, 5) is 16.2. The number of oxime groups is 1. The fourth-order valence-corrected chi connectivity index (χ4v) is 3.67. The molecular weight excluding hydrogens is 308 g/mol. The fraction of sp³-hybridized carbons (Fsp3) is 0.400. The molecule has 1 aliphatic heterocycles. The van der Waals surface area contributed by atoms with Gasteiger partial charge in [0.25, 0.3) is 15.9 Å². The molecule has 1 aromatic rings. The third-order valence-corrected chi connectivity index (χ3v) is 4.67. The highest BCUT2D eigenvalue weighted by molar-refractivity contribution is 7.90. The van der Waals surface area contributed by atoms with Crippen molar-refractivity contribution < 1.29 is 27.5 Å². The first-order chi connectivity index (χ1) is 9.44. The van der Waals surface area contributed by atoms with Crippen LogP contribution in [-0.4, -0.2) is 40.2 Å². The molecule has 0 aromatic carbocycles. The highest BCUT2D eigenvalue weighted by atomic mass is 32.2. The van der Waals surface area contributed by atoms with Gasteiger partial charge in [-0.25, -0.2) is 17.9 Å². The number of methoxy groups -OCH3 is 1. The Morgan fingerprint density at radius 1 is 1.60 bits per heavy atom. The molecular formula is C10H12N2O6S2. The lowest BCUT2D eigenvalue weighted by Crippen LogP contribution is -2.32. The van der Waals surface area contributed by atoms with E-state index in [9.17, 15) is 13.2 Å². The quantitative estimate of drug-likeness (QED) is 0.887. The molecule has 8 nitrogen and oxygen atoms in total. The van der Waals surface area contributed by atoms with Crippen molar-refractivity contribution in [2.45, 2.75) is 17.9 Å². The van der Waals surface area contributed by atoms with Gasteiger partial charge in [0.15, 0.2) is 6.61 Å². The number of ether oxygens (including phenoxy) is 2. The summed E-state index contributed by atoms with van der Waals surface area (Å²) in [7, 11) is -2.98. The van der Waals surface area contributed by atoms with Gasteiger partial charge in [0.05, 0.1) is 7.11 Å². The van der Waals surface area contributed by atoms with Crippen molar-refractivity contribution in [2.75, 3.05) is 13.7 Å². The molecule has 110 valence electrons. The molecule has 0 spiro atoms. The van der Waals surface area contributed by atoms with Gasteiger partial charge in [0.1, 0.15) is 15.9 Å². The Kier molecular flexibility index (Phi) is 4.14. The number of carbonyl (C=O) groups is 1. The van der Waals surface area contributed by atoms with Crippen molar-refractivity contribution in [3.8, 4) is 0 Å². The second-order valence-electron chi connectivity index (χ2n) is 3.83. The van der Waals surface area contributed by atoms with E-state index in [2.05, 4.69) is 9.89 Å². The second kappa shape index (κ2) is 5.67. The minimum absolute atomic E-state index is 0.0731. The van der Waals surface area contributed by atoms with Crippen molar-refractivity contribution >= 4 is 33.4 Å². The number of amides is 1. The Hall–Kier alpha value is -1.81. The standard InChI is InChI=1S/C10H12N2O6S2/c1-6-5-17-11-9(18-6)8-7(3-4-19-8)20(14,15)12-10(13)16-2/h3-4,6H,5H2,1-2H3,(H,12,13). The minimum Gasteiger partial charge on any atom is -0.468 e. The van der Waals surface area contributed by atoms with Crippen LogP contribution in [0.1, 0.15) is 11.8 Å². The maximum atomic E-state index is 12.1. The Morgan fingerprint density at radius 2 is 2.35 bits per heavy atom. The maximum Gasteiger partial charge on any atom is 0.420 e. The van der Waals surface area contributed by atoms with Gasteiger partial charge in [-0.1, -0.05) is 0 Å². The van der Waals surface area contributed by atoms with Gasteiger partial charge in [0.2, 0.25) is 0 Å². The van der Waals surface area contributed by atoms with Gasteiger partial charge in [-0.15, -0.1) is 11.3 Å². The van der Waals surface area contributed by atoms with Gasteiger partial charge in [-0.2, -0.15) is 0 Å². The van der Waals surface area contributed by atoms with Crippen molar-refractivity contribution in [3.63, 3.8) is 0 Å². The molecule has 2 heterocycles. The summed E-state index contributed by atoms with van der Waals surface area (Å²) in [6, 6.07) is 1.34. The molecule has 0 fully saturated rings. The number of nitrogens with zero attached hydrogens (tertiary/aromatic N) is 1. The highest BCUT2D eigenvalue weighted by Crippen LogP contribution is 2.25. The lowest BCUT2D eigenvalue weighted by molar-refractivity contribution is 0.0197. The largest absolute Gasteiger partial charge is 0.468 e. The van der Waals surface area contributed by atoms with Crippen LogP contribution in [0.4, 0.5) is 4.79 Å². The third-order valence-electron chi connectivity index (χ3n) is 2.29. The molecule has 0 saturated carbocycles. The predicted octanol–water partition coefficient (Wildman–Crippen LogP) is 0.890. The molecule has 0 saturated heterocycles. The Bertz CT molecular complexity index is 636. The molecule has 1 aliphatic rings. The molecule has 1 unspecified atom stereocenters. The van der Waals surface area contributed by atoms with Crippen molar-refractivity contribution in [1.29, 1.82) is 0 Å². The molecule has 1 amide bonds. The zero-order chi connectivity index (χ0) is 14.8. The van der Waals surface area contributed by atoms with Gasteiger partial charge >= 0.3 is 6.09 Å². The smallest absolute Gasteiger partial charge is 0.420 e. The molecule has 2 rings (SSSR count). The number of sulfonamides is 1. The number of rotatable bonds is 3. The zero-order valence-electron chi connectivity index (χ0n) is 10.7. The summed E-state index contributed by atoms with van der Waals surface area (Å²) in [6.45, 7) is 2.06. The molecule has 20 heavy (non-hydrogen) atoms. The monoisotopic (exact) mass is 320 g/mol. The van der Waals surface area contributed by atoms with Crippen molar-refractivity contribution in [2.24, 2.45) is 5.16 Å². The second-order valence-corrected chi connectivity index (χ2v) is 6.40. The Morgan fingerprint density at radius 3 is 3.00 bits per heavy atom. The molecule has 1 atom stereocenters. The van der Waals surface area contributed by atoms with Crippen LogP contribution < -0.4 is 4.72 Å². The van der Waals surface area contributed by atoms with Gasteiger partial charge in [-0.3, -0.25) is 0 Å². The average Bonchev–Trinajstić information content (AvgIpc) is 2.88. The SMILES string of the molecule is COC(=O)NS(=O)(=O)c1ccsc1C1=NOCC(C)O1. The fourth-order valence-electron chi connectivity index (χ4n) is 1.41. The van der Waals surface area contributed by atoms with Crippen LogP contribution in [0.2, 0.25) is 0 Å². The molecule has 1 aromatic heterocycles. The van der Waals surface area contributed by atoms with Crippen molar-refractivity contribution in [1.82, 2.24) is 4.72 Å². The lowest BCUT2D eigenvalue weighted by Gasteiger charge is -2.19. The summed E-state index contributed by atoms with van der Waals surface area (Å²) in [5, 5.41) is 5.24. The number of hydrogen-bond donors (Lipinski definition) is 1. The first-order valence-corrected chi connectivity index (χ1v) is 7.85. The van der Waals surface area contributed by atoms with E-state index in [1.54, 1.807) is 17.0 Å². The van der Waals surface area contributed by atoms with Gasteiger partial charge in [-0.05, 0) is 23.5 Å². The van der Waals surface area contributed by atoms with E-state index in [1.807, 2.05) is 0 Å². The van der Waals surface area contributed by atoms with Crippen LogP contribution in [0.5, 0.6) is 0 Å². The first-order valence-electron chi connectivity index (χ1n) is 5.49. The van der Waals surface area contributed by atoms with E-state index in [-0.39, 0.29) is 28.4 Å². The minimum atomic E-state index is -4.06. The topological polar surface area (TPSA) is 103 Å². The number of hydrogen-bond acceptors (Lipinski definition) is 8. The number of carbonyl (C=O) groups excluding carboxylic acids is 1. The van der Waals surface area contributed by atoms with Gasteiger partial charge in [0, 0.05) is 0 Å². The Balaban J connectivity index is 2.33. The van der Waals surface area contributed by atoms with E-state index >= 15 is 0 Å². The molecule has 0 bridgehead atoms. The van der Waals surface area contributed by atoms with Crippen LogP contribution >= 0.6 is 11.3 Å². The van der Waals surface area contributed by atoms with Crippen LogP contribution in [0, 0.1) is 0 Å². The van der Waals surface area contributed by atoms with E-state index < -0.39 is 16.1 Å². The van der Waals surface area contributed by atoms with E-state index in [1.165, 1.54) is 6.07 Å². The Labute approximate surface area is 119 Å². The maximum absolute atomic E-state index is 12.1. The van der Waals surface area contributed by atoms with Crippen LogP contribution in [0.15, 0.2) is 21.5 Å². The summed E-state index contributed by atoms with van der Waals surface area (Å²) in [5.74, 6) is 0.0731. The molecule has 10 heteroatoms. The third kappa shape index (κ3) is 3.02. The molecule has 0 radical (unpaired) electrons. The van der Waals surface area contributed by atoms with E-state index in [4.69, 9.17) is 9.57 Å². The van der Waals surface area contributed by atoms with E-state index in [0.717, 1.165) is 18.4 Å². The first kappa shape index (κ1) is 14.6. The zero-order valence-corrected chi connectivity index (χ0v) is 12.3. The van der Waals surface area contributed by atoms with Crippen LogP contribution in [0.3, 0.4) is 0 Å². The van der Waals surface area contributed by atoms with Crippen LogP contribution in [0.25, 0.3) is 0 Å². The summed E-state index contributed by atoms with van der Waals surface area (Å²) >= 11 is 1.11. The summed E-state index contributed by atoms with van der Waals surface area (Å²) in [6.07, 6.45) is -1.31. The summed E-state index contributed by atoms with van der Waals surface area (Å²) in [5.41, 5.74) is 0. The van der Waals surface area contributed by atoms with Crippen molar-refractivity contribution in [3.05, 3.63) is 16.3 Å². The molecule has 0 aliphatic carbocycles.